The summed E-state index contributed by atoms with van der Waals surface area (Å²) in [5.41, 5.74) is 0. The molecule has 1 saturated carbocycles. The summed E-state index contributed by atoms with van der Waals surface area (Å²) < 4.78 is 4.93. The first-order chi connectivity index (χ1) is 13.4. The van der Waals surface area contributed by atoms with Crippen LogP contribution < -0.4 is 5.32 Å². The van der Waals surface area contributed by atoms with Gasteiger partial charge in [-0.1, -0.05) is 12.2 Å². The molecule has 2 atom stereocenters. The number of likely N-dealkylation sites (N-methyl/N-ethyl adjacent to an activating group) is 1. The number of amides is 4. The molecule has 1 N–H and O–H groups in total. The highest BCUT2D eigenvalue weighted by atomic mass is 16.5. The first-order valence-corrected chi connectivity index (χ1v) is 9.56. The zero-order chi connectivity index (χ0) is 20.3. The molecule has 0 aromatic carbocycles. The number of hydrogen-bond donors (Lipinski definition) is 1. The molecule has 2 aliphatic carbocycles. The Bertz CT molecular complexity index is 688. The van der Waals surface area contributed by atoms with Crippen LogP contribution in [-0.2, 0) is 28.7 Å². The average Bonchev–Trinajstić information content (AvgIpc) is 3.45. The number of fused-ring (bicyclic) bond motifs is 1. The van der Waals surface area contributed by atoms with E-state index in [-0.39, 0.29) is 55.1 Å². The van der Waals surface area contributed by atoms with Crippen LogP contribution in [0.3, 0.4) is 0 Å². The van der Waals surface area contributed by atoms with Crippen LogP contribution in [0.4, 0.5) is 0 Å². The zero-order valence-corrected chi connectivity index (χ0v) is 15.9. The van der Waals surface area contributed by atoms with Gasteiger partial charge >= 0.3 is 5.97 Å². The maximum Gasteiger partial charge on any atom is 0.308 e. The lowest BCUT2D eigenvalue weighted by molar-refractivity contribution is -0.152. The molecule has 1 aliphatic heterocycles. The highest BCUT2D eigenvalue weighted by Gasteiger charge is 2.46. The number of esters is 1. The van der Waals surface area contributed by atoms with Gasteiger partial charge in [0.25, 0.3) is 5.91 Å². The van der Waals surface area contributed by atoms with Crippen LogP contribution in [0.1, 0.15) is 32.1 Å². The van der Waals surface area contributed by atoms with Crippen molar-refractivity contribution in [3.05, 3.63) is 12.2 Å². The molecule has 1 saturated heterocycles. The van der Waals surface area contributed by atoms with Gasteiger partial charge in [-0.3, -0.25) is 28.9 Å². The van der Waals surface area contributed by atoms with Crippen molar-refractivity contribution in [1.29, 1.82) is 0 Å². The van der Waals surface area contributed by atoms with Crippen molar-refractivity contribution in [2.75, 3.05) is 26.7 Å². The SMILES string of the molecule is CN(CC(=O)NC1CC1)C(=O)COC(=O)CCN1C(=O)[C@H]2CC=CC[C@@H]2C1=O. The predicted molar refractivity (Wildman–Crippen MR) is 96.5 cm³/mol. The number of ether oxygens (including phenoxy) is 1. The van der Waals surface area contributed by atoms with Crippen LogP contribution in [-0.4, -0.2) is 72.2 Å². The molecule has 0 spiro atoms. The van der Waals surface area contributed by atoms with Crippen LogP contribution >= 0.6 is 0 Å². The molecular weight excluding hydrogens is 366 g/mol. The lowest BCUT2D eigenvalue weighted by atomic mass is 9.85. The quantitative estimate of drug-likeness (QED) is 0.342. The molecule has 9 heteroatoms. The van der Waals surface area contributed by atoms with Crippen molar-refractivity contribution >= 4 is 29.6 Å². The summed E-state index contributed by atoms with van der Waals surface area (Å²) in [5.74, 6) is -2.56. The van der Waals surface area contributed by atoms with Gasteiger partial charge in [-0.15, -0.1) is 0 Å². The summed E-state index contributed by atoms with van der Waals surface area (Å²) in [4.78, 5) is 62.5. The van der Waals surface area contributed by atoms with Crippen molar-refractivity contribution in [2.24, 2.45) is 11.8 Å². The molecule has 2 fully saturated rings. The fraction of sp³-hybridized carbons (Fsp3) is 0.632. The van der Waals surface area contributed by atoms with Gasteiger partial charge in [0.15, 0.2) is 6.61 Å². The molecule has 0 aromatic heterocycles. The van der Waals surface area contributed by atoms with E-state index in [1.54, 1.807) is 0 Å². The Hall–Kier alpha value is -2.71. The number of carbonyl (C=O) groups excluding carboxylic acids is 5. The van der Waals surface area contributed by atoms with Crippen LogP contribution in [0.5, 0.6) is 0 Å². The van der Waals surface area contributed by atoms with Crippen molar-refractivity contribution in [3.8, 4) is 0 Å². The van der Waals surface area contributed by atoms with E-state index in [9.17, 15) is 24.0 Å². The largest absolute Gasteiger partial charge is 0.456 e. The molecular formula is C19H25N3O6. The topological polar surface area (TPSA) is 113 Å². The highest BCUT2D eigenvalue weighted by Crippen LogP contribution is 2.34. The van der Waals surface area contributed by atoms with Crippen molar-refractivity contribution in [3.63, 3.8) is 0 Å². The Labute approximate surface area is 163 Å². The number of nitrogens with zero attached hydrogens (tertiary/aromatic N) is 2. The van der Waals surface area contributed by atoms with E-state index in [1.807, 2.05) is 12.2 Å². The van der Waals surface area contributed by atoms with Gasteiger partial charge in [0, 0.05) is 19.6 Å². The molecule has 0 unspecified atom stereocenters. The molecule has 3 aliphatic rings. The molecule has 28 heavy (non-hydrogen) atoms. The Kier molecular flexibility index (Phi) is 6.11. The second-order valence-electron chi connectivity index (χ2n) is 7.49. The van der Waals surface area contributed by atoms with E-state index in [0.717, 1.165) is 17.7 Å². The van der Waals surface area contributed by atoms with Gasteiger partial charge in [-0.2, -0.15) is 0 Å². The van der Waals surface area contributed by atoms with Gasteiger partial charge in [0.1, 0.15) is 0 Å². The maximum absolute atomic E-state index is 12.3. The molecule has 9 nitrogen and oxygen atoms in total. The van der Waals surface area contributed by atoms with Gasteiger partial charge in [-0.25, -0.2) is 0 Å². The normalized spacial score (nSPS) is 23.4. The van der Waals surface area contributed by atoms with Gasteiger partial charge in [-0.05, 0) is 25.7 Å². The van der Waals surface area contributed by atoms with E-state index in [4.69, 9.17) is 4.74 Å². The Morgan fingerprint density at radius 2 is 1.75 bits per heavy atom. The highest BCUT2D eigenvalue weighted by molar-refractivity contribution is 6.05. The second-order valence-corrected chi connectivity index (χ2v) is 7.49. The summed E-state index contributed by atoms with van der Waals surface area (Å²) in [6.45, 7) is -0.624. The minimum Gasteiger partial charge on any atom is -0.456 e. The van der Waals surface area contributed by atoms with Gasteiger partial charge in [0.05, 0.1) is 24.8 Å². The van der Waals surface area contributed by atoms with Crippen molar-refractivity contribution in [2.45, 2.75) is 38.1 Å². The van der Waals surface area contributed by atoms with E-state index in [2.05, 4.69) is 5.32 Å². The summed E-state index contributed by atoms with van der Waals surface area (Å²) in [6, 6.07) is 0.212. The number of likely N-dealkylation sites (tertiary alicyclic amines) is 1. The summed E-state index contributed by atoms with van der Waals surface area (Å²) >= 11 is 0. The molecule has 4 amide bonds. The number of allylic oxidation sites excluding steroid dienone is 2. The van der Waals surface area contributed by atoms with Gasteiger partial charge in [0.2, 0.25) is 17.7 Å². The minimum atomic E-state index is -0.669. The lowest BCUT2D eigenvalue weighted by Gasteiger charge is -2.17. The van der Waals surface area contributed by atoms with Crippen LogP contribution in [0.2, 0.25) is 0 Å². The summed E-state index contributed by atoms with van der Waals surface area (Å²) in [5, 5.41) is 2.77. The van der Waals surface area contributed by atoms with Crippen molar-refractivity contribution < 1.29 is 28.7 Å². The third kappa shape index (κ3) is 4.76. The Morgan fingerprint density at radius 1 is 1.14 bits per heavy atom. The first kappa shape index (κ1) is 20.0. The molecule has 0 aromatic rings. The number of carbonyl (C=O) groups is 5. The number of nitrogens with one attached hydrogen (secondary N) is 1. The predicted octanol–water partition coefficient (Wildman–Crippen LogP) is -0.392. The number of hydrogen-bond acceptors (Lipinski definition) is 6. The van der Waals surface area contributed by atoms with Crippen LogP contribution in [0.15, 0.2) is 12.2 Å². The standard InChI is InChI=1S/C19H25N3O6/c1-21(10-15(23)20-12-6-7-12)16(24)11-28-17(25)8-9-22-18(26)13-4-2-3-5-14(13)19(22)27/h2-3,12-14H,4-11H2,1H3,(H,20,23)/t13-,14-/m0/s1. The third-order valence-corrected chi connectivity index (χ3v) is 5.24. The molecule has 152 valence electrons. The Morgan fingerprint density at radius 3 is 2.32 bits per heavy atom. The van der Waals surface area contributed by atoms with Crippen molar-refractivity contribution in [1.82, 2.24) is 15.1 Å². The van der Waals surface area contributed by atoms with E-state index in [0.29, 0.717) is 12.8 Å². The second kappa shape index (κ2) is 8.53. The van der Waals surface area contributed by atoms with E-state index in [1.165, 1.54) is 11.9 Å². The number of imide groups is 1. The Balaban J connectivity index is 1.37. The monoisotopic (exact) mass is 391 g/mol. The maximum atomic E-state index is 12.3. The van der Waals surface area contributed by atoms with E-state index >= 15 is 0 Å². The van der Waals surface area contributed by atoms with Crippen LogP contribution in [0, 0.1) is 11.8 Å². The average molecular weight is 391 g/mol. The molecule has 0 bridgehead atoms. The molecule has 3 rings (SSSR count). The first-order valence-electron chi connectivity index (χ1n) is 9.56. The smallest absolute Gasteiger partial charge is 0.308 e. The zero-order valence-electron chi connectivity index (χ0n) is 15.9. The fourth-order valence-electron chi connectivity index (χ4n) is 3.42. The van der Waals surface area contributed by atoms with Gasteiger partial charge < -0.3 is 15.0 Å². The van der Waals surface area contributed by atoms with E-state index < -0.39 is 18.5 Å². The molecule has 0 radical (unpaired) electrons. The fourth-order valence-corrected chi connectivity index (χ4v) is 3.42. The molecule has 1 heterocycles. The summed E-state index contributed by atoms with van der Waals surface area (Å²) in [7, 11) is 1.46. The third-order valence-electron chi connectivity index (χ3n) is 5.24. The number of rotatable bonds is 8. The lowest BCUT2D eigenvalue weighted by Crippen LogP contribution is -2.41. The van der Waals surface area contributed by atoms with Crippen LogP contribution in [0.25, 0.3) is 0 Å². The summed E-state index contributed by atoms with van der Waals surface area (Å²) in [6.07, 6.45) is 6.65. The minimum absolute atomic E-state index is 0.0443.